The van der Waals surface area contributed by atoms with Gasteiger partial charge in [0.15, 0.2) is 5.13 Å². The van der Waals surface area contributed by atoms with E-state index in [0.717, 1.165) is 18.0 Å². The summed E-state index contributed by atoms with van der Waals surface area (Å²) in [6.45, 7) is 0. The van der Waals surface area contributed by atoms with Gasteiger partial charge in [-0.2, -0.15) is 0 Å². The molecular weight excluding hydrogens is 194 g/mol. The molecule has 0 bridgehead atoms. The quantitative estimate of drug-likeness (QED) is 0.823. The average Bonchev–Trinajstić information content (AvgIpc) is 2.68. The predicted octanol–water partition coefficient (Wildman–Crippen LogP) is 1.63. The van der Waals surface area contributed by atoms with Gasteiger partial charge in [0, 0.05) is 30.7 Å². The van der Waals surface area contributed by atoms with Crippen LogP contribution in [0.25, 0.3) is 0 Å². The summed E-state index contributed by atoms with van der Waals surface area (Å²) in [6.07, 6.45) is 6.58. The molecule has 2 N–H and O–H groups in total. The van der Waals surface area contributed by atoms with Gasteiger partial charge >= 0.3 is 0 Å². The second kappa shape index (κ2) is 3.51. The number of aryl methyl sites for hydroxylation is 1. The minimum atomic E-state index is 0.169. The Morgan fingerprint density at radius 2 is 2.29 bits per heavy atom. The van der Waals surface area contributed by atoms with Crippen LogP contribution in [-0.4, -0.2) is 24.6 Å². The maximum Gasteiger partial charge on any atom is 0.184 e. The normalized spacial score (nSPS) is 18.2. The van der Waals surface area contributed by atoms with Crippen LogP contribution in [0.2, 0.25) is 0 Å². The van der Waals surface area contributed by atoms with Crippen molar-refractivity contribution in [2.45, 2.75) is 31.2 Å². The molecule has 78 valence electrons. The molecule has 0 aliphatic heterocycles. The third kappa shape index (κ3) is 2.25. The first kappa shape index (κ1) is 9.93. The summed E-state index contributed by atoms with van der Waals surface area (Å²) in [7, 11) is 4.04. The van der Waals surface area contributed by atoms with Crippen molar-refractivity contribution in [2.24, 2.45) is 5.73 Å². The van der Waals surface area contributed by atoms with Crippen molar-refractivity contribution in [3.63, 3.8) is 0 Å². The molecule has 1 saturated carbocycles. The molecule has 2 rings (SSSR count). The third-order valence-electron chi connectivity index (χ3n) is 2.69. The van der Waals surface area contributed by atoms with Crippen LogP contribution in [0.4, 0.5) is 5.13 Å². The molecule has 14 heavy (non-hydrogen) atoms. The van der Waals surface area contributed by atoms with Crippen LogP contribution in [0.3, 0.4) is 0 Å². The van der Waals surface area contributed by atoms with Crippen LogP contribution in [0.1, 0.15) is 24.1 Å². The molecule has 0 amide bonds. The fourth-order valence-electron chi connectivity index (χ4n) is 1.40. The zero-order valence-corrected chi connectivity index (χ0v) is 9.60. The lowest BCUT2D eigenvalue weighted by Gasteiger charge is -2.06. The topological polar surface area (TPSA) is 42.2 Å². The van der Waals surface area contributed by atoms with Crippen molar-refractivity contribution in [3.8, 4) is 0 Å². The number of nitrogens with zero attached hydrogens (tertiary/aromatic N) is 2. The van der Waals surface area contributed by atoms with Crippen LogP contribution >= 0.6 is 11.3 Å². The van der Waals surface area contributed by atoms with Gasteiger partial charge in [0.2, 0.25) is 0 Å². The second-order valence-electron chi connectivity index (χ2n) is 4.37. The Balaban J connectivity index is 1.90. The van der Waals surface area contributed by atoms with E-state index in [9.17, 15) is 0 Å². The average molecular weight is 211 g/mol. The van der Waals surface area contributed by atoms with Crippen molar-refractivity contribution in [3.05, 3.63) is 11.1 Å². The van der Waals surface area contributed by atoms with Crippen molar-refractivity contribution < 1.29 is 0 Å². The van der Waals surface area contributed by atoms with Crippen molar-refractivity contribution >= 4 is 16.5 Å². The van der Waals surface area contributed by atoms with Crippen LogP contribution in [0.15, 0.2) is 6.20 Å². The summed E-state index contributed by atoms with van der Waals surface area (Å²) in [4.78, 5) is 7.74. The fraction of sp³-hybridized carbons (Fsp3) is 0.700. The largest absolute Gasteiger partial charge is 0.354 e. The van der Waals surface area contributed by atoms with Crippen molar-refractivity contribution in [1.82, 2.24) is 4.98 Å². The molecule has 1 aromatic rings. The highest BCUT2D eigenvalue weighted by molar-refractivity contribution is 7.15. The maximum atomic E-state index is 6.03. The van der Waals surface area contributed by atoms with E-state index in [1.54, 1.807) is 11.3 Å². The number of aromatic nitrogens is 1. The van der Waals surface area contributed by atoms with E-state index in [1.165, 1.54) is 17.7 Å². The Hall–Kier alpha value is -0.610. The standard InChI is InChI=1S/C10H17N3S/c1-13(2)9-12-7-8(14-9)3-4-10(11)5-6-10/h7H,3-6,11H2,1-2H3. The predicted molar refractivity (Wildman–Crippen MR) is 60.9 cm³/mol. The molecule has 0 spiro atoms. The highest BCUT2D eigenvalue weighted by atomic mass is 32.1. The number of hydrogen-bond acceptors (Lipinski definition) is 4. The van der Waals surface area contributed by atoms with Gasteiger partial charge in [-0.1, -0.05) is 0 Å². The van der Waals surface area contributed by atoms with E-state index < -0.39 is 0 Å². The number of rotatable bonds is 4. The van der Waals surface area contributed by atoms with Crippen LogP contribution in [-0.2, 0) is 6.42 Å². The van der Waals surface area contributed by atoms with Crippen molar-refractivity contribution in [2.75, 3.05) is 19.0 Å². The Bertz CT molecular complexity index is 315. The van der Waals surface area contributed by atoms with E-state index >= 15 is 0 Å². The van der Waals surface area contributed by atoms with Gasteiger partial charge in [-0.15, -0.1) is 11.3 Å². The number of thiazole rings is 1. The third-order valence-corrected chi connectivity index (χ3v) is 3.91. The molecule has 1 heterocycles. The van der Waals surface area contributed by atoms with Crippen molar-refractivity contribution in [1.29, 1.82) is 0 Å². The van der Waals surface area contributed by atoms with Gasteiger partial charge in [-0.05, 0) is 25.7 Å². The maximum absolute atomic E-state index is 6.03. The lowest BCUT2D eigenvalue weighted by molar-refractivity contribution is 0.612. The highest BCUT2D eigenvalue weighted by Gasteiger charge is 2.37. The summed E-state index contributed by atoms with van der Waals surface area (Å²) in [5.74, 6) is 0. The van der Waals surface area contributed by atoms with Gasteiger partial charge < -0.3 is 10.6 Å². The van der Waals surface area contributed by atoms with Crippen LogP contribution in [0.5, 0.6) is 0 Å². The van der Waals surface area contributed by atoms with Crippen LogP contribution < -0.4 is 10.6 Å². The molecule has 0 aromatic carbocycles. The zero-order valence-electron chi connectivity index (χ0n) is 8.79. The Kier molecular flexibility index (Phi) is 2.49. The van der Waals surface area contributed by atoms with Gasteiger partial charge in [0.25, 0.3) is 0 Å². The smallest absolute Gasteiger partial charge is 0.184 e. The number of anilines is 1. The SMILES string of the molecule is CN(C)c1ncc(CCC2(N)CC2)s1. The first-order valence-electron chi connectivity index (χ1n) is 5.00. The molecule has 0 saturated heterocycles. The Morgan fingerprint density at radius 3 is 2.79 bits per heavy atom. The van der Waals surface area contributed by atoms with Gasteiger partial charge in [0.1, 0.15) is 0 Å². The molecule has 1 aromatic heterocycles. The lowest BCUT2D eigenvalue weighted by Crippen LogP contribution is -2.21. The molecular formula is C10H17N3S. The van der Waals surface area contributed by atoms with Gasteiger partial charge in [-0.3, -0.25) is 0 Å². The van der Waals surface area contributed by atoms with Gasteiger partial charge in [-0.25, -0.2) is 4.98 Å². The van der Waals surface area contributed by atoms with E-state index in [1.807, 2.05) is 25.2 Å². The summed E-state index contributed by atoms with van der Waals surface area (Å²) in [5.41, 5.74) is 6.20. The number of nitrogens with two attached hydrogens (primary N) is 1. The van der Waals surface area contributed by atoms with E-state index in [-0.39, 0.29) is 5.54 Å². The minimum Gasteiger partial charge on any atom is -0.354 e. The lowest BCUT2D eigenvalue weighted by atomic mass is 10.1. The Morgan fingerprint density at radius 1 is 1.57 bits per heavy atom. The molecule has 4 heteroatoms. The molecule has 0 atom stereocenters. The molecule has 1 fully saturated rings. The van der Waals surface area contributed by atoms with Crippen LogP contribution in [0, 0.1) is 0 Å². The second-order valence-corrected chi connectivity index (χ2v) is 5.46. The first-order chi connectivity index (χ1) is 6.59. The molecule has 0 unspecified atom stereocenters. The van der Waals surface area contributed by atoms with E-state index in [2.05, 4.69) is 4.98 Å². The monoisotopic (exact) mass is 211 g/mol. The molecule has 0 radical (unpaired) electrons. The summed E-state index contributed by atoms with van der Waals surface area (Å²) >= 11 is 1.77. The number of hydrogen-bond donors (Lipinski definition) is 1. The fourth-order valence-corrected chi connectivity index (χ4v) is 2.23. The molecule has 1 aliphatic rings. The Labute approximate surface area is 88.9 Å². The van der Waals surface area contributed by atoms with Gasteiger partial charge in [0.05, 0.1) is 0 Å². The van der Waals surface area contributed by atoms with E-state index in [4.69, 9.17) is 5.73 Å². The zero-order chi connectivity index (χ0) is 10.2. The summed E-state index contributed by atoms with van der Waals surface area (Å²) < 4.78 is 0. The minimum absolute atomic E-state index is 0.169. The highest BCUT2D eigenvalue weighted by Crippen LogP contribution is 2.37. The molecule has 1 aliphatic carbocycles. The molecule has 3 nitrogen and oxygen atoms in total. The summed E-state index contributed by atoms with van der Waals surface area (Å²) in [5, 5.41) is 1.09. The summed E-state index contributed by atoms with van der Waals surface area (Å²) in [6, 6.07) is 0. The van der Waals surface area contributed by atoms with E-state index in [0.29, 0.717) is 0 Å². The first-order valence-corrected chi connectivity index (χ1v) is 5.82.